The quantitative estimate of drug-likeness (QED) is 0.873. The van der Waals surface area contributed by atoms with E-state index in [1.54, 1.807) is 6.20 Å². The van der Waals surface area contributed by atoms with Crippen molar-refractivity contribution in [2.24, 2.45) is 0 Å². The summed E-state index contributed by atoms with van der Waals surface area (Å²) < 4.78 is 5.85. The Labute approximate surface area is 138 Å². The van der Waals surface area contributed by atoms with Crippen molar-refractivity contribution in [3.63, 3.8) is 0 Å². The molecule has 2 aliphatic rings. The van der Waals surface area contributed by atoms with Crippen LogP contribution in [0.3, 0.4) is 0 Å². The molecule has 2 amide bonds. The van der Waals surface area contributed by atoms with Crippen LogP contribution in [0.15, 0.2) is 18.3 Å². The number of nitrogens with zero attached hydrogens (tertiary/aromatic N) is 1. The number of hydrogen-bond acceptors (Lipinski definition) is 3. The maximum absolute atomic E-state index is 11.9. The summed E-state index contributed by atoms with van der Waals surface area (Å²) in [6.45, 7) is 0.495. The second-order valence-corrected chi connectivity index (χ2v) is 6.69. The summed E-state index contributed by atoms with van der Waals surface area (Å²) in [5, 5.41) is 5.96. The molecule has 126 valence electrons. The number of amides is 2. The van der Waals surface area contributed by atoms with Crippen LogP contribution >= 0.6 is 0 Å². The van der Waals surface area contributed by atoms with Crippen LogP contribution in [0.5, 0.6) is 5.88 Å². The zero-order valence-electron chi connectivity index (χ0n) is 13.7. The van der Waals surface area contributed by atoms with E-state index >= 15 is 0 Å². The second-order valence-electron chi connectivity index (χ2n) is 6.69. The van der Waals surface area contributed by atoms with Crippen LogP contribution in [0.1, 0.15) is 63.4 Å². The Bertz CT molecular complexity index is 491. The van der Waals surface area contributed by atoms with Crippen molar-refractivity contribution in [1.82, 2.24) is 15.6 Å². The van der Waals surface area contributed by atoms with Crippen LogP contribution in [0, 0.1) is 0 Å². The van der Waals surface area contributed by atoms with Gasteiger partial charge in [0.2, 0.25) is 5.88 Å². The van der Waals surface area contributed by atoms with Gasteiger partial charge in [0.15, 0.2) is 0 Å². The molecular weight excluding hydrogens is 290 g/mol. The Hall–Kier alpha value is -1.78. The first-order valence-corrected chi connectivity index (χ1v) is 8.95. The zero-order valence-corrected chi connectivity index (χ0v) is 13.7. The van der Waals surface area contributed by atoms with Crippen LogP contribution in [0.4, 0.5) is 4.79 Å². The summed E-state index contributed by atoms with van der Waals surface area (Å²) in [6.07, 6.45) is 12.8. The van der Waals surface area contributed by atoms with Gasteiger partial charge in [0.25, 0.3) is 0 Å². The Balaban J connectivity index is 1.40. The molecule has 2 fully saturated rings. The lowest BCUT2D eigenvalue weighted by molar-refractivity contribution is 0.201. The van der Waals surface area contributed by atoms with Crippen molar-refractivity contribution in [1.29, 1.82) is 0 Å². The standard InChI is InChI=1S/C18H27N3O2/c22-18(21-15-6-2-1-3-7-15)20-13-14-10-11-17(19-12-14)23-16-8-4-5-9-16/h10-12,15-16H,1-9,13H2,(H2,20,21,22). The van der Waals surface area contributed by atoms with Crippen LogP contribution in [-0.4, -0.2) is 23.2 Å². The topological polar surface area (TPSA) is 63.2 Å². The minimum absolute atomic E-state index is 0.0804. The minimum atomic E-state index is -0.0804. The van der Waals surface area contributed by atoms with E-state index in [0.717, 1.165) is 31.2 Å². The van der Waals surface area contributed by atoms with Gasteiger partial charge in [-0.25, -0.2) is 9.78 Å². The molecule has 0 saturated heterocycles. The van der Waals surface area contributed by atoms with E-state index in [0.29, 0.717) is 24.6 Å². The normalized spacial score (nSPS) is 19.5. The molecule has 0 atom stereocenters. The Kier molecular flexibility index (Phi) is 5.72. The minimum Gasteiger partial charge on any atom is -0.474 e. The first kappa shape index (κ1) is 16.1. The molecule has 0 aromatic carbocycles. The fourth-order valence-corrected chi connectivity index (χ4v) is 3.43. The predicted molar refractivity (Wildman–Crippen MR) is 89.4 cm³/mol. The smallest absolute Gasteiger partial charge is 0.315 e. The van der Waals surface area contributed by atoms with Gasteiger partial charge in [0.1, 0.15) is 6.10 Å². The lowest BCUT2D eigenvalue weighted by atomic mass is 9.96. The lowest BCUT2D eigenvalue weighted by Crippen LogP contribution is -2.42. The second kappa shape index (κ2) is 8.18. The monoisotopic (exact) mass is 317 g/mol. The van der Waals surface area contributed by atoms with Gasteiger partial charge in [0, 0.05) is 24.8 Å². The van der Waals surface area contributed by atoms with Crippen molar-refractivity contribution in [2.45, 2.75) is 76.5 Å². The third-order valence-corrected chi connectivity index (χ3v) is 4.78. The molecule has 2 N–H and O–H groups in total. The molecule has 0 unspecified atom stereocenters. The fraction of sp³-hybridized carbons (Fsp3) is 0.667. The number of pyridine rings is 1. The van der Waals surface area contributed by atoms with E-state index in [-0.39, 0.29) is 6.03 Å². The number of carbonyl (C=O) groups is 1. The summed E-state index contributed by atoms with van der Waals surface area (Å²) in [4.78, 5) is 16.3. The molecule has 1 aromatic heterocycles. The molecule has 5 nitrogen and oxygen atoms in total. The molecule has 0 aliphatic heterocycles. The summed E-state index contributed by atoms with van der Waals surface area (Å²) in [5.41, 5.74) is 0.988. The van der Waals surface area contributed by atoms with Crippen LogP contribution in [-0.2, 0) is 6.54 Å². The van der Waals surface area contributed by atoms with Gasteiger partial charge >= 0.3 is 6.03 Å². The van der Waals surface area contributed by atoms with Crippen molar-refractivity contribution in [2.75, 3.05) is 0 Å². The molecule has 3 rings (SSSR count). The molecule has 2 aliphatic carbocycles. The number of urea groups is 1. The predicted octanol–water partition coefficient (Wildman–Crippen LogP) is 3.53. The maximum Gasteiger partial charge on any atom is 0.315 e. The number of nitrogens with one attached hydrogen (secondary N) is 2. The molecule has 0 bridgehead atoms. The fourth-order valence-electron chi connectivity index (χ4n) is 3.43. The summed E-state index contributed by atoms with van der Waals surface area (Å²) in [6, 6.07) is 4.12. The van der Waals surface area contributed by atoms with Gasteiger partial charge in [-0.3, -0.25) is 0 Å². The Morgan fingerprint density at radius 3 is 2.52 bits per heavy atom. The summed E-state index contributed by atoms with van der Waals surface area (Å²) in [5.74, 6) is 0.687. The zero-order chi connectivity index (χ0) is 15.9. The molecule has 0 radical (unpaired) electrons. The van der Waals surface area contributed by atoms with Crippen molar-refractivity contribution < 1.29 is 9.53 Å². The molecule has 1 aromatic rings. The van der Waals surface area contributed by atoms with Crippen molar-refractivity contribution >= 4 is 6.03 Å². The van der Waals surface area contributed by atoms with E-state index in [9.17, 15) is 4.79 Å². The Morgan fingerprint density at radius 2 is 1.83 bits per heavy atom. The number of carbonyl (C=O) groups excluding carboxylic acids is 1. The largest absolute Gasteiger partial charge is 0.474 e. The van der Waals surface area contributed by atoms with Gasteiger partial charge in [-0.15, -0.1) is 0 Å². The third-order valence-electron chi connectivity index (χ3n) is 4.78. The SMILES string of the molecule is O=C(NCc1ccc(OC2CCCC2)nc1)NC1CCCCC1. The highest BCUT2D eigenvalue weighted by atomic mass is 16.5. The van der Waals surface area contributed by atoms with Gasteiger partial charge < -0.3 is 15.4 Å². The van der Waals surface area contributed by atoms with Crippen LogP contribution < -0.4 is 15.4 Å². The van der Waals surface area contributed by atoms with E-state index in [1.165, 1.54) is 32.1 Å². The number of hydrogen-bond donors (Lipinski definition) is 2. The molecular formula is C18H27N3O2. The average molecular weight is 317 g/mol. The maximum atomic E-state index is 11.9. The van der Waals surface area contributed by atoms with Crippen LogP contribution in [0.2, 0.25) is 0 Å². The molecule has 1 heterocycles. The Morgan fingerprint density at radius 1 is 1.09 bits per heavy atom. The third kappa shape index (κ3) is 5.12. The number of ether oxygens (including phenoxy) is 1. The number of aromatic nitrogens is 1. The van der Waals surface area contributed by atoms with Gasteiger partial charge in [0.05, 0.1) is 0 Å². The van der Waals surface area contributed by atoms with Gasteiger partial charge in [-0.05, 0) is 44.1 Å². The van der Waals surface area contributed by atoms with E-state index in [2.05, 4.69) is 15.6 Å². The molecule has 2 saturated carbocycles. The van der Waals surface area contributed by atoms with E-state index < -0.39 is 0 Å². The highest BCUT2D eigenvalue weighted by molar-refractivity contribution is 5.74. The van der Waals surface area contributed by atoms with E-state index in [4.69, 9.17) is 4.74 Å². The van der Waals surface area contributed by atoms with Crippen LogP contribution in [0.25, 0.3) is 0 Å². The van der Waals surface area contributed by atoms with E-state index in [1.807, 2.05) is 12.1 Å². The first-order chi connectivity index (χ1) is 11.3. The highest BCUT2D eigenvalue weighted by Gasteiger charge is 2.17. The average Bonchev–Trinajstić information content (AvgIpc) is 3.08. The molecule has 23 heavy (non-hydrogen) atoms. The van der Waals surface area contributed by atoms with Gasteiger partial charge in [-0.2, -0.15) is 0 Å². The highest BCUT2D eigenvalue weighted by Crippen LogP contribution is 2.22. The van der Waals surface area contributed by atoms with Crippen molar-refractivity contribution in [3.8, 4) is 5.88 Å². The lowest BCUT2D eigenvalue weighted by Gasteiger charge is -2.22. The first-order valence-electron chi connectivity index (χ1n) is 8.95. The molecule has 0 spiro atoms. The summed E-state index contributed by atoms with van der Waals surface area (Å²) >= 11 is 0. The number of rotatable bonds is 5. The van der Waals surface area contributed by atoms with Gasteiger partial charge in [-0.1, -0.05) is 25.3 Å². The molecule has 5 heteroatoms. The summed E-state index contributed by atoms with van der Waals surface area (Å²) in [7, 11) is 0. The van der Waals surface area contributed by atoms with Crippen molar-refractivity contribution in [3.05, 3.63) is 23.9 Å².